The number of ether oxygens (including phenoxy) is 2. The third-order valence-corrected chi connectivity index (χ3v) is 4.62. The number of hydrogen-bond donors (Lipinski definition) is 0. The quantitative estimate of drug-likeness (QED) is 0.786. The highest BCUT2D eigenvalue weighted by Crippen LogP contribution is 2.31. The van der Waals surface area contributed by atoms with Crippen LogP contribution in [0.25, 0.3) is 5.57 Å². The van der Waals surface area contributed by atoms with E-state index in [1.165, 1.54) is 0 Å². The van der Waals surface area contributed by atoms with E-state index in [9.17, 15) is 4.79 Å². The van der Waals surface area contributed by atoms with Gasteiger partial charge in [0.2, 0.25) is 5.91 Å². The highest BCUT2D eigenvalue weighted by Gasteiger charge is 2.40. The summed E-state index contributed by atoms with van der Waals surface area (Å²) in [5.74, 6) is -0.427. The molecule has 4 nitrogen and oxygen atoms in total. The van der Waals surface area contributed by atoms with Crippen LogP contribution in [-0.2, 0) is 14.3 Å². The van der Waals surface area contributed by atoms with Crippen molar-refractivity contribution in [1.29, 1.82) is 0 Å². The minimum absolute atomic E-state index is 0.0188. The Bertz CT molecular complexity index is 583. The van der Waals surface area contributed by atoms with Gasteiger partial charge in [-0.25, -0.2) is 0 Å². The molecule has 22 heavy (non-hydrogen) atoms. The molecule has 118 valence electrons. The number of carbonyl (C=O) groups is 1. The predicted octanol–water partition coefficient (Wildman–Crippen LogP) is 3.11. The molecule has 0 radical (unpaired) electrons. The second-order valence-electron chi connectivity index (χ2n) is 5.74. The summed E-state index contributed by atoms with van der Waals surface area (Å²) < 4.78 is 11.4. The molecule has 2 heterocycles. The van der Waals surface area contributed by atoms with E-state index in [-0.39, 0.29) is 5.91 Å². The number of piperidine rings is 1. The van der Waals surface area contributed by atoms with E-state index in [0.29, 0.717) is 31.3 Å². The number of allylic oxidation sites excluding steroid dienone is 1. The number of benzene rings is 1. The number of hydrogen-bond acceptors (Lipinski definition) is 3. The summed E-state index contributed by atoms with van der Waals surface area (Å²) in [4.78, 5) is 14.3. The van der Waals surface area contributed by atoms with Crippen LogP contribution in [0.4, 0.5) is 0 Å². The van der Waals surface area contributed by atoms with Crippen molar-refractivity contribution in [1.82, 2.24) is 4.90 Å². The molecule has 0 N–H and O–H groups in total. The average molecular weight is 322 g/mol. The summed E-state index contributed by atoms with van der Waals surface area (Å²) >= 11 is 6.17. The van der Waals surface area contributed by atoms with Gasteiger partial charge in [0.1, 0.15) is 0 Å². The molecule has 0 unspecified atom stereocenters. The molecule has 1 spiro atoms. The van der Waals surface area contributed by atoms with E-state index in [4.69, 9.17) is 21.1 Å². The average Bonchev–Trinajstić information content (AvgIpc) is 2.96. The van der Waals surface area contributed by atoms with Gasteiger partial charge in [-0.15, -0.1) is 0 Å². The Morgan fingerprint density at radius 1 is 1.23 bits per heavy atom. The fraction of sp³-hybridized carbons (Fsp3) is 0.471. The Morgan fingerprint density at radius 3 is 2.50 bits per heavy atom. The minimum atomic E-state index is -0.446. The van der Waals surface area contributed by atoms with Gasteiger partial charge in [-0.1, -0.05) is 29.8 Å². The second-order valence-corrected chi connectivity index (χ2v) is 6.15. The van der Waals surface area contributed by atoms with Gasteiger partial charge < -0.3 is 14.4 Å². The lowest BCUT2D eigenvalue weighted by Crippen LogP contribution is -2.46. The highest BCUT2D eigenvalue weighted by atomic mass is 35.5. The molecule has 2 aliphatic heterocycles. The molecule has 0 aliphatic carbocycles. The van der Waals surface area contributed by atoms with Gasteiger partial charge in [0.15, 0.2) is 5.79 Å². The molecule has 1 aromatic rings. The molecule has 0 aromatic heterocycles. The fourth-order valence-corrected chi connectivity index (χ4v) is 3.27. The maximum absolute atomic E-state index is 12.4. The SMILES string of the molecule is C/C(=C/C(=O)N1CCC2(CC1)OCCO2)c1ccccc1Cl. The van der Waals surface area contributed by atoms with Crippen molar-refractivity contribution in [3.05, 3.63) is 40.9 Å². The zero-order valence-corrected chi connectivity index (χ0v) is 13.4. The Morgan fingerprint density at radius 2 is 1.86 bits per heavy atom. The van der Waals surface area contributed by atoms with Crippen molar-refractivity contribution >= 4 is 23.1 Å². The molecule has 5 heteroatoms. The third kappa shape index (κ3) is 3.19. The molecule has 2 saturated heterocycles. The van der Waals surface area contributed by atoms with Gasteiger partial charge in [-0.2, -0.15) is 0 Å². The van der Waals surface area contributed by atoms with Gasteiger partial charge in [0.25, 0.3) is 0 Å². The Labute approximate surface area is 135 Å². The number of likely N-dealkylation sites (tertiary alicyclic amines) is 1. The van der Waals surface area contributed by atoms with Crippen molar-refractivity contribution in [2.24, 2.45) is 0 Å². The number of carbonyl (C=O) groups excluding carboxylic acids is 1. The van der Waals surface area contributed by atoms with Crippen LogP contribution >= 0.6 is 11.6 Å². The molecule has 1 amide bonds. The normalized spacial score (nSPS) is 21.4. The summed E-state index contributed by atoms with van der Waals surface area (Å²) in [5.41, 5.74) is 1.78. The topological polar surface area (TPSA) is 38.8 Å². The largest absolute Gasteiger partial charge is 0.347 e. The Hall–Kier alpha value is -1.36. The van der Waals surface area contributed by atoms with Crippen LogP contribution in [0.1, 0.15) is 25.3 Å². The molecule has 1 aromatic carbocycles. The van der Waals surface area contributed by atoms with Gasteiger partial charge in [-0.3, -0.25) is 4.79 Å². The molecule has 0 bridgehead atoms. The van der Waals surface area contributed by atoms with Crippen LogP contribution < -0.4 is 0 Å². The first-order valence-electron chi connectivity index (χ1n) is 7.60. The van der Waals surface area contributed by atoms with Gasteiger partial charge >= 0.3 is 0 Å². The summed E-state index contributed by atoms with van der Waals surface area (Å²) in [6.07, 6.45) is 3.13. The van der Waals surface area contributed by atoms with E-state index in [0.717, 1.165) is 24.0 Å². The molecule has 2 aliphatic rings. The lowest BCUT2D eigenvalue weighted by molar-refractivity contribution is -0.186. The van der Waals surface area contributed by atoms with Crippen molar-refractivity contribution in [3.63, 3.8) is 0 Å². The summed E-state index contributed by atoms with van der Waals surface area (Å²) in [6.45, 7) is 4.53. The first-order valence-corrected chi connectivity index (χ1v) is 7.97. The summed E-state index contributed by atoms with van der Waals surface area (Å²) in [7, 11) is 0. The van der Waals surface area contributed by atoms with Crippen LogP contribution in [0.15, 0.2) is 30.3 Å². The Balaban J connectivity index is 1.65. The maximum Gasteiger partial charge on any atom is 0.246 e. The van der Waals surface area contributed by atoms with Crippen LogP contribution in [0.5, 0.6) is 0 Å². The van der Waals surface area contributed by atoms with Crippen molar-refractivity contribution in [3.8, 4) is 0 Å². The predicted molar refractivity (Wildman–Crippen MR) is 85.6 cm³/mol. The molecule has 3 rings (SSSR count). The van der Waals surface area contributed by atoms with Gasteiger partial charge in [0.05, 0.1) is 13.2 Å². The molecule has 0 saturated carbocycles. The first kappa shape index (κ1) is 15.5. The first-order chi connectivity index (χ1) is 10.6. The summed E-state index contributed by atoms with van der Waals surface area (Å²) in [5, 5.41) is 0.661. The van der Waals surface area contributed by atoms with Crippen molar-refractivity contribution in [2.45, 2.75) is 25.6 Å². The second kappa shape index (κ2) is 6.41. The zero-order chi connectivity index (χ0) is 15.6. The zero-order valence-electron chi connectivity index (χ0n) is 12.7. The lowest BCUT2D eigenvalue weighted by Gasteiger charge is -2.37. The molecule has 2 fully saturated rings. The van der Waals surface area contributed by atoms with E-state index in [1.54, 1.807) is 6.08 Å². The van der Waals surface area contributed by atoms with Crippen LogP contribution in [0.2, 0.25) is 5.02 Å². The number of nitrogens with zero attached hydrogens (tertiary/aromatic N) is 1. The van der Waals surface area contributed by atoms with Gasteiger partial charge in [-0.05, 0) is 24.1 Å². The molecular weight excluding hydrogens is 302 g/mol. The number of amides is 1. The molecular formula is C17H20ClNO3. The summed E-state index contributed by atoms with van der Waals surface area (Å²) in [6, 6.07) is 7.56. The monoisotopic (exact) mass is 321 g/mol. The van der Waals surface area contributed by atoms with Crippen LogP contribution in [-0.4, -0.2) is 42.9 Å². The van der Waals surface area contributed by atoms with Crippen LogP contribution in [0.3, 0.4) is 0 Å². The van der Waals surface area contributed by atoms with E-state index >= 15 is 0 Å². The van der Waals surface area contributed by atoms with Gasteiger partial charge in [0, 0.05) is 37.0 Å². The van der Waals surface area contributed by atoms with E-state index in [2.05, 4.69) is 0 Å². The standard InChI is InChI=1S/C17H20ClNO3/c1-13(14-4-2-3-5-15(14)18)12-16(20)19-8-6-17(7-9-19)21-10-11-22-17/h2-5,12H,6-11H2,1H3/b13-12-. The van der Waals surface area contributed by atoms with Crippen molar-refractivity contribution < 1.29 is 14.3 Å². The fourth-order valence-electron chi connectivity index (χ4n) is 2.99. The Kier molecular flexibility index (Phi) is 4.52. The molecule has 0 atom stereocenters. The third-order valence-electron chi connectivity index (χ3n) is 4.29. The maximum atomic E-state index is 12.4. The van der Waals surface area contributed by atoms with Crippen molar-refractivity contribution in [2.75, 3.05) is 26.3 Å². The highest BCUT2D eigenvalue weighted by molar-refractivity contribution is 6.32. The minimum Gasteiger partial charge on any atom is -0.347 e. The number of rotatable bonds is 2. The van der Waals surface area contributed by atoms with Crippen LogP contribution in [0, 0.1) is 0 Å². The number of halogens is 1. The van der Waals surface area contributed by atoms with E-state index < -0.39 is 5.79 Å². The lowest BCUT2D eigenvalue weighted by atomic mass is 10.0. The van der Waals surface area contributed by atoms with E-state index in [1.807, 2.05) is 36.1 Å². The smallest absolute Gasteiger partial charge is 0.246 e.